The van der Waals surface area contributed by atoms with E-state index >= 15 is 0 Å². The quantitative estimate of drug-likeness (QED) is 0.606. The van der Waals surface area contributed by atoms with E-state index in [1.54, 1.807) is 13.8 Å². The van der Waals surface area contributed by atoms with Gasteiger partial charge in [-0.25, -0.2) is 4.79 Å². The standard InChI is InChI=1S/C12H24N2O4/c1-4-7-10(14-12(16)18-6-3)8-13-9-11(15)17-5-2/h10,13H,4-9H2,1-3H3,(H,14,16). The molecule has 0 aliphatic heterocycles. The Balaban J connectivity index is 3.88. The largest absolute Gasteiger partial charge is 0.465 e. The van der Waals surface area contributed by atoms with Gasteiger partial charge in [-0.05, 0) is 20.3 Å². The van der Waals surface area contributed by atoms with E-state index in [2.05, 4.69) is 10.6 Å². The molecule has 0 bridgehead atoms. The van der Waals surface area contributed by atoms with E-state index in [1.165, 1.54) is 0 Å². The minimum Gasteiger partial charge on any atom is -0.465 e. The second kappa shape index (κ2) is 10.8. The molecule has 18 heavy (non-hydrogen) atoms. The number of esters is 1. The first-order chi connectivity index (χ1) is 8.63. The van der Waals surface area contributed by atoms with Crippen LogP contribution in [0.2, 0.25) is 0 Å². The van der Waals surface area contributed by atoms with Crippen LogP contribution in [0, 0.1) is 0 Å². The smallest absolute Gasteiger partial charge is 0.407 e. The molecular weight excluding hydrogens is 236 g/mol. The van der Waals surface area contributed by atoms with Crippen LogP contribution in [0.5, 0.6) is 0 Å². The molecule has 0 heterocycles. The fourth-order valence-corrected chi connectivity index (χ4v) is 1.47. The lowest BCUT2D eigenvalue weighted by Gasteiger charge is -2.18. The predicted molar refractivity (Wildman–Crippen MR) is 68.4 cm³/mol. The minimum absolute atomic E-state index is 0.0384. The maximum Gasteiger partial charge on any atom is 0.407 e. The van der Waals surface area contributed by atoms with Gasteiger partial charge in [-0.1, -0.05) is 13.3 Å². The molecule has 106 valence electrons. The molecule has 0 saturated heterocycles. The van der Waals surface area contributed by atoms with Crippen LogP contribution in [-0.4, -0.2) is 44.4 Å². The zero-order valence-corrected chi connectivity index (χ0v) is 11.5. The highest BCUT2D eigenvalue weighted by atomic mass is 16.5. The van der Waals surface area contributed by atoms with Crippen molar-refractivity contribution in [3.8, 4) is 0 Å². The van der Waals surface area contributed by atoms with Gasteiger partial charge < -0.3 is 20.1 Å². The third-order valence-corrected chi connectivity index (χ3v) is 2.20. The molecule has 0 aromatic rings. The minimum atomic E-state index is -0.422. The van der Waals surface area contributed by atoms with Crippen molar-refractivity contribution in [2.75, 3.05) is 26.3 Å². The summed E-state index contributed by atoms with van der Waals surface area (Å²) in [7, 11) is 0. The van der Waals surface area contributed by atoms with Crippen LogP contribution >= 0.6 is 0 Å². The number of amides is 1. The molecule has 0 spiro atoms. The molecule has 0 aliphatic carbocycles. The first-order valence-electron chi connectivity index (χ1n) is 6.43. The predicted octanol–water partition coefficient (Wildman–Crippen LogP) is 1.05. The van der Waals surface area contributed by atoms with Gasteiger partial charge in [0.2, 0.25) is 0 Å². The summed E-state index contributed by atoms with van der Waals surface area (Å²) in [4.78, 5) is 22.4. The van der Waals surface area contributed by atoms with Crippen molar-refractivity contribution in [2.24, 2.45) is 0 Å². The van der Waals surface area contributed by atoms with Gasteiger partial charge in [-0.3, -0.25) is 4.79 Å². The molecule has 0 rings (SSSR count). The highest BCUT2D eigenvalue weighted by molar-refractivity contribution is 5.71. The van der Waals surface area contributed by atoms with Gasteiger partial charge in [0.1, 0.15) is 0 Å². The molecule has 1 amide bonds. The van der Waals surface area contributed by atoms with Crippen molar-refractivity contribution >= 4 is 12.1 Å². The summed E-state index contributed by atoms with van der Waals surface area (Å²) in [5.74, 6) is -0.288. The Morgan fingerprint density at radius 3 is 2.33 bits per heavy atom. The van der Waals surface area contributed by atoms with Crippen molar-refractivity contribution in [3.05, 3.63) is 0 Å². The van der Waals surface area contributed by atoms with Gasteiger partial charge in [0.05, 0.1) is 19.8 Å². The summed E-state index contributed by atoms with van der Waals surface area (Å²) in [5, 5.41) is 5.71. The molecule has 0 fully saturated rings. The number of nitrogens with one attached hydrogen (secondary N) is 2. The number of carbonyl (C=O) groups is 2. The number of alkyl carbamates (subject to hydrolysis) is 1. The summed E-state index contributed by atoms with van der Waals surface area (Å²) >= 11 is 0. The maximum atomic E-state index is 11.3. The Morgan fingerprint density at radius 1 is 1.11 bits per heavy atom. The zero-order chi connectivity index (χ0) is 13.8. The van der Waals surface area contributed by atoms with Gasteiger partial charge in [-0.15, -0.1) is 0 Å². The molecular formula is C12H24N2O4. The first kappa shape index (κ1) is 16.7. The molecule has 2 N–H and O–H groups in total. The average molecular weight is 260 g/mol. The summed E-state index contributed by atoms with van der Waals surface area (Å²) in [5.41, 5.74) is 0. The van der Waals surface area contributed by atoms with Crippen molar-refractivity contribution in [2.45, 2.75) is 39.7 Å². The number of hydrogen-bond acceptors (Lipinski definition) is 5. The van der Waals surface area contributed by atoms with E-state index < -0.39 is 6.09 Å². The fourth-order valence-electron chi connectivity index (χ4n) is 1.47. The number of carbonyl (C=O) groups excluding carboxylic acids is 2. The normalized spacial score (nSPS) is 11.7. The highest BCUT2D eigenvalue weighted by Gasteiger charge is 2.12. The Bertz CT molecular complexity index is 246. The van der Waals surface area contributed by atoms with Crippen LogP contribution in [-0.2, 0) is 14.3 Å². The Hall–Kier alpha value is -1.30. The molecule has 0 radical (unpaired) electrons. The lowest BCUT2D eigenvalue weighted by molar-refractivity contribution is -0.142. The molecule has 0 aromatic heterocycles. The first-order valence-corrected chi connectivity index (χ1v) is 6.43. The van der Waals surface area contributed by atoms with Crippen molar-refractivity contribution in [3.63, 3.8) is 0 Å². The van der Waals surface area contributed by atoms with Crippen molar-refractivity contribution in [1.29, 1.82) is 0 Å². The van der Waals surface area contributed by atoms with Crippen LogP contribution in [0.4, 0.5) is 4.79 Å². The molecule has 6 heteroatoms. The van der Waals surface area contributed by atoms with E-state index in [0.29, 0.717) is 19.8 Å². The Labute approximate surface area is 108 Å². The summed E-state index contributed by atoms with van der Waals surface area (Å²) < 4.78 is 9.61. The van der Waals surface area contributed by atoms with E-state index in [1.807, 2.05) is 6.92 Å². The van der Waals surface area contributed by atoms with Gasteiger partial charge in [-0.2, -0.15) is 0 Å². The van der Waals surface area contributed by atoms with Crippen molar-refractivity contribution in [1.82, 2.24) is 10.6 Å². The SMILES string of the molecule is CCCC(CNCC(=O)OCC)NC(=O)OCC. The van der Waals surface area contributed by atoms with Gasteiger partial charge in [0, 0.05) is 12.6 Å². The van der Waals surface area contributed by atoms with Crippen LogP contribution in [0.15, 0.2) is 0 Å². The highest BCUT2D eigenvalue weighted by Crippen LogP contribution is 1.96. The molecule has 0 aromatic carbocycles. The summed E-state index contributed by atoms with van der Waals surface area (Å²) in [6.45, 7) is 6.95. The fraction of sp³-hybridized carbons (Fsp3) is 0.833. The lowest BCUT2D eigenvalue weighted by atomic mass is 10.1. The van der Waals surface area contributed by atoms with E-state index in [-0.39, 0.29) is 18.6 Å². The third kappa shape index (κ3) is 8.81. The summed E-state index contributed by atoms with van der Waals surface area (Å²) in [6.07, 6.45) is 1.35. The van der Waals surface area contributed by atoms with Crippen LogP contribution in [0.3, 0.4) is 0 Å². The third-order valence-electron chi connectivity index (χ3n) is 2.20. The van der Waals surface area contributed by atoms with Crippen LogP contribution in [0.25, 0.3) is 0 Å². The zero-order valence-electron chi connectivity index (χ0n) is 11.5. The van der Waals surface area contributed by atoms with E-state index in [0.717, 1.165) is 12.8 Å². The number of ether oxygens (including phenoxy) is 2. The van der Waals surface area contributed by atoms with Gasteiger partial charge >= 0.3 is 12.1 Å². The molecule has 0 saturated carbocycles. The van der Waals surface area contributed by atoms with E-state index in [9.17, 15) is 9.59 Å². The second-order valence-corrected chi connectivity index (χ2v) is 3.79. The average Bonchev–Trinajstić information content (AvgIpc) is 2.29. The monoisotopic (exact) mass is 260 g/mol. The lowest BCUT2D eigenvalue weighted by Crippen LogP contribution is -2.43. The topological polar surface area (TPSA) is 76.7 Å². The number of rotatable bonds is 9. The molecule has 6 nitrogen and oxygen atoms in total. The Morgan fingerprint density at radius 2 is 1.78 bits per heavy atom. The molecule has 1 unspecified atom stereocenters. The summed E-state index contributed by atoms with van der Waals surface area (Å²) in [6, 6.07) is -0.0384. The van der Waals surface area contributed by atoms with Gasteiger partial charge in [0.15, 0.2) is 0 Å². The number of hydrogen-bond donors (Lipinski definition) is 2. The van der Waals surface area contributed by atoms with Crippen LogP contribution in [0.1, 0.15) is 33.6 Å². The maximum absolute atomic E-state index is 11.3. The molecule has 1 atom stereocenters. The second-order valence-electron chi connectivity index (χ2n) is 3.79. The van der Waals surface area contributed by atoms with Crippen molar-refractivity contribution < 1.29 is 19.1 Å². The van der Waals surface area contributed by atoms with Gasteiger partial charge in [0.25, 0.3) is 0 Å². The van der Waals surface area contributed by atoms with Crippen LogP contribution < -0.4 is 10.6 Å². The van der Waals surface area contributed by atoms with E-state index in [4.69, 9.17) is 9.47 Å². The Kier molecular flexibility index (Phi) is 10.0. The molecule has 0 aliphatic rings.